The second kappa shape index (κ2) is 4.31. The fraction of sp³-hybridized carbons (Fsp3) is 0.462. The van der Waals surface area contributed by atoms with E-state index in [-0.39, 0.29) is 17.7 Å². The highest BCUT2D eigenvalue weighted by atomic mass is 16.5. The Balaban J connectivity index is 1.87. The minimum Gasteiger partial charge on any atom is -0.486 e. The van der Waals surface area contributed by atoms with Gasteiger partial charge in [0.2, 0.25) is 0 Å². The number of aromatic amines is 1. The van der Waals surface area contributed by atoms with Crippen molar-refractivity contribution in [1.29, 1.82) is 0 Å². The number of H-pyrrole nitrogens is 1. The summed E-state index contributed by atoms with van der Waals surface area (Å²) in [7, 11) is 0. The molecule has 1 aromatic heterocycles. The molecule has 0 saturated carbocycles. The van der Waals surface area contributed by atoms with Crippen LogP contribution < -0.4 is 10.1 Å². The second-order valence-electron chi connectivity index (χ2n) is 5.33. The van der Waals surface area contributed by atoms with Crippen molar-refractivity contribution in [2.75, 3.05) is 0 Å². The van der Waals surface area contributed by atoms with Crippen molar-refractivity contribution in [2.24, 2.45) is 0 Å². The van der Waals surface area contributed by atoms with E-state index in [0.29, 0.717) is 5.82 Å². The number of benzene rings is 1. The third-order valence-electron chi connectivity index (χ3n) is 3.46. The van der Waals surface area contributed by atoms with Gasteiger partial charge in [0.05, 0.1) is 12.1 Å². The molecule has 0 spiro atoms. The van der Waals surface area contributed by atoms with Crippen molar-refractivity contribution in [1.82, 2.24) is 25.9 Å². The Hall–Kier alpha value is -1.95. The predicted molar refractivity (Wildman–Crippen MR) is 69.6 cm³/mol. The summed E-state index contributed by atoms with van der Waals surface area (Å²) in [6, 6.07) is 8.19. The lowest BCUT2D eigenvalue weighted by atomic mass is 9.94. The van der Waals surface area contributed by atoms with Crippen LogP contribution in [0.2, 0.25) is 0 Å². The molecule has 3 rings (SSSR count). The summed E-state index contributed by atoms with van der Waals surface area (Å²) in [6.07, 6.45) is 0. The molecule has 2 heterocycles. The Morgan fingerprint density at radius 3 is 2.89 bits per heavy atom. The van der Waals surface area contributed by atoms with E-state index in [2.05, 4.69) is 45.9 Å². The fourth-order valence-corrected chi connectivity index (χ4v) is 2.50. The van der Waals surface area contributed by atoms with E-state index >= 15 is 0 Å². The van der Waals surface area contributed by atoms with Crippen LogP contribution in [0.5, 0.6) is 5.75 Å². The van der Waals surface area contributed by atoms with Gasteiger partial charge >= 0.3 is 0 Å². The quantitative estimate of drug-likeness (QED) is 0.878. The van der Waals surface area contributed by atoms with Crippen LogP contribution in [0.15, 0.2) is 24.3 Å². The first-order valence-electron chi connectivity index (χ1n) is 6.35. The average molecular weight is 259 g/mol. The second-order valence-corrected chi connectivity index (χ2v) is 5.33. The fourth-order valence-electron chi connectivity index (χ4n) is 2.50. The third kappa shape index (κ3) is 2.08. The van der Waals surface area contributed by atoms with Crippen molar-refractivity contribution in [3.63, 3.8) is 0 Å². The first kappa shape index (κ1) is 12.1. The lowest BCUT2D eigenvalue weighted by molar-refractivity contribution is 0.0914. The van der Waals surface area contributed by atoms with Gasteiger partial charge in [-0.15, -0.1) is 10.2 Å². The Labute approximate surface area is 111 Å². The minimum absolute atomic E-state index is 0.00205. The first-order valence-corrected chi connectivity index (χ1v) is 6.35. The van der Waals surface area contributed by atoms with Crippen molar-refractivity contribution in [3.05, 3.63) is 35.7 Å². The summed E-state index contributed by atoms with van der Waals surface area (Å²) in [6.45, 7) is 6.17. The maximum atomic E-state index is 6.00. The van der Waals surface area contributed by atoms with Crippen LogP contribution in [0.4, 0.5) is 0 Å². The van der Waals surface area contributed by atoms with Crippen molar-refractivity contribution in [3.8, 4) is 5.75 Å². The smallest absolute Gasteiger partial charge is 0.191 e. The number of aromatic nitrogens is 4. The van der Waals surface area contributed by atoms with Gasteiger partial charge in [-0.05, 0) is 26.8 Å². The highest BCUT2D eigenvalue weighted by Crippen LogP contribution is 2.43. The number of hydrogen-bond acceptors (Lipinski definition) is 5. The van der Waals surface area contributed by atoms with Gasteiger partial charge in [-0.1, -0.05) is 23.4 Å². The summed E-state index contributed by atoms with van der Waals surface area (Å²) in [5, 5.41) is 17.6. The number of tetrazole rings is 1. The first-order chi connectivity index (χ1) is 9.08. The zero-order valence-electron chi connectivity index (χ0n) is 11.2. The molecule has 6 nitrogen and oxygen atoms in total. The molecule has 100 valence electrons. The molecule has 1 aromatic carbocycles. The molecule has 0 saturated heterocycles. The van der Waals surface area contributed by atoms with E-state index in [4.69, 9.17) is 4.74 Å². The maximum absolute atomic E-state index is 6.00. The van der Waals surface area contributed by atoms with Gasteiger partial charge in [0.1, 0.15) is 11.4 Å². The van der Waals surface area contributed by atoms with Crippen molar-refractivity contribution >= 4 is 0 Å². The monoisotopic (exact) mass is 259 g/mol. The zero-order valence-corrected chi connectivity index (χ0v) is 11.2. The Morgan fingerprint density at radius 1 is 1.37 bits per heavy atom. The highest BCUT2D eigenvalue weighted by molar-refractivity contribution is 5.42. The van der Waals surface area contributed by atoms with Crippen molar-refractivity contribution in [2.45, 2.75) is 38.5 Å². The molecule has 1 aliphatic heterocycles. The Kier molecular flexibility index (Phi) is 2.74. The SMILES string of the molecule is CC(NC1c2ccccc2OC1(C)C)c1nn[nH]n1. The number of hydrogen-bond donors (Lipinski definition) is 2. The number of fused-ring (bicyclic) bond motifs is 1. The molecule has 0 aliphatic carbocycles. The number of nitrogens with one attached hydrogen (secondary N) is 2. The predicted octanol–water partition coefficient (Wildman–Crippen LogP) is 1.76. The van der Waals surface area contributed by atoms with Crippen LogP contribution in [-0.2, 0) is 0 Å². The molecule has 19 heavy (non-hydrogen) atoms. The molecule has 0 fully saturated rings. The average Bonchev–Trinajstić information content (AvgIpc) is 2.96. The van der Waals surface area contributed by atoms with E-state index in [0.717, 1.165) is 5.75 Å². The Bertz CT molecular complexity index is 566. The van der Waals surface area contributed by atoms with Gasteiger partial charge in [-0.2, -0.15) is 5.21 Å². The summed E-state index contributed by atoms with van der Waals surface area (Å²) in [4.78, 5) is 0. The largest absolute Gasteiger partial charge is 0.486 e. The third-order valence-corrected chi connectivity index (χ3v) is 3.46. The van der Waals surface area contributed by atoms with Crippen LogP contribution in [0, 0.1) is 0 Å². The summed E-state index contributed by atoms with van der Waals surface area (Å²) in [5.41, 5.74) is 0.865. The molecule has 2 atom stereocenters. The summed E-state index contributed by atoms with van der Waals surface area (Å²) in [5.74, 6) is 1.59. The zero-order chi connectivity index (χ0) is 13.5. The lowest BCUT2D eigenvalue weighted by Crippen LogP contribution is -2.40. The van der Waals surface area contributed by atoms with Crippen LogP contribution >= 0.6 is 0 Å². The van der Waals surface area contributed by atoms with E-state index in [1.54, 1.807) is 0 Å². The normalized spacial score (nSPS) is 21.7. The molecule has 1 aliphatic rings. The van der Waals surface area contributed by atoms with Gasteiger partial charge < -0.3 is 4.74 Å². The number of para-hydroxylation sites is 1. The molecule has 2 N–H and O–H groups in total. The van der Waals surface area contributed by atoms with Crippen LogP contribution in [0.1, 0.15) is 44.2 Å². The van der Waals surface area contributed by atoms with Gasteiger partial charge in [0.15, 0.2) is 5.82 Å². The molecule has 2 unspecified atom stereocenters. The Morgan fingerprint density at radius 2 is 2.16 bits per heavy atom. The standard InChI is InChI=1S/C13H17N5O/c1-8(12-15-17-18-16-12)14-11-9-6-4-5-7-10(9)19-13(11,2)3/h4-8,11,14H,1-3H3,(H,15,16,17,18). The molecule has 6 heteroatoms. The number of nitrogens with zero attached hydrogens (tertiary/aromatic N) is 3. The lowest BCUT2D eigenvalue weighted by Gasteiger charge is -2.29. The number of rotatable bonds is 3. The minimum atomic E-state index is -0.304. The summed E-state index contributed by atoms with van der Waals surface area (Å²) < 4.78 is 6.00. The molecule has 0 amide bonds. The summed E-state index contributed by atoms with van der Waals surface area (Å²) >= 11 is 0. The molecule has 2 aromatic rings. The van der Waals surface area contributed by atoms with Crippen molar-refractivity contribution < 1.29 is 4.74 Å². The van der Waals surface area contributed by atoms with E-state index in [1.165, 1.54) is 5.56 Å². The number of ether oxygens (including phenoxy) is 1. The highest BCUT2D eigenvalue weighted by Gasteiger charge is 2.41. The van der Waals surface area contributed by atoms with E-state index < -0.39 is 0 Å². The van der Waals surface area contributed by atoms with Crippen LogP contribution in [0.25, 0.3) is 0 Å². The van der Waals surface area contributed by atoms with Gasteiger partial charge in [-0.3, -0.25) is 5.32 Å². The van der Waals surface area contributed by atoms with Crippen LogP contribution in [-0.4, -0.2) is 26.2 Å². The maximum Gasteiger partial charge on any atom is 0.191 e. The van der Waals surface area contributed by atoms with Gasteiger partial charge in [0.25, 0.3) is 0 Å². The van der Waals surface area contributed by atoms with E-state index in [9.17, 15) is 0 Å². The van der Waals surface area contributed by atoms with E-state index in [1.807, 2.05) is 25.1 Å². The van der Waals surface area contributed by atoms with Gasteiger partial charge in [0, 0.05) is 5.56 Å². The molecular weight excluding hydrogens is 242 g/mol. The topological polar surface area (TPSA) is 75.7 Å². The van der Waals surface area contributed by atoms with Crippen LogP contribution in [0.3, 0.4) is 0 Å². The van der Waals surface area contributed by atoms with Gasteiger partial charge in [-0.25, -0.2) is 0 Å². The molecular formula is C13H17N5O. The molecule has 0 radical (unpaired) electrons. The molecule has 0 bridgehead atoms.